The third kappa shape index (κ3) is 4.61. The molecule has 5 nitrogen and oxygen atoms in total. The highest BCUT2D eigenvalue weighted by Gasteiger charge is 2.20. The first-order valence-corrected chi connectivity index (χ1v) is 7.84. The summed E-state index contributed by atoms with van der Waals surface area (Å²) >= 11 is 1.45. The van der Waals surface area contributed by atoms with Crippen LogP contribution in [0.15, 0.2) is 16.8 Å². The molecule has 2 atom stereocenters. The third-order valence-electron chi connectivity index (χ3n) is 3.54. The second kappa shape index (κ2) is 7.40. The molecule has 0 aromatic carbocycles. The summed E-state index contributed by atoms with van der Waals surface area (Å²) in [5.74, 6) is -0.0709. The van der Waals surface area contributed by atoms with E-state index in [1.54, 1.807) is 11.4 Å². The van der Waals surface area contributed by atoms with Gasteiger partial charge in [0.15, 0.2) is 0 Å². The van der Waals surface area contributed by atoms with Crippen molar-refractivity contribution in [1.29, 1.82) is 0 Å². The predicted molar refractivity (Wildman–Crippen MR) is 77.6 cm³/mol. The van der Waals surface area contributed by atoms with Crippen LogP contribution in [0.4, 0.5) is 0 Å². The molecule has 2 amide bonds. The number of carbonyl (C=O) groups is 2. The Labute approximate surface area is 122 Å². The lowest BCUT2D eigenvalue weighted by molar-refractivity contribution is -0.120. The van der Waals surface area contributed by atoms with Gasteiger partial charge in [0.05, 0.1) is 12.6 Å². The average Bonchev–Trinajstić information content (AvgIpc) is 2.97. The van der Waals surface area contributed by atoms with Crippen LogP contribution in [0.1, 0.15) is 36.0 Å². The summed E-state index contributed by atoms with van der Waals surface area (Å²) in [5.41, 5.74) is 0.582. The third-order valence-corrected chi connectivity index (χ3v) is 4.22. The van der Waals surface area contributed by atoms with Gasteiger partial charge in [0, 0.05) is 17.5 Å². The highest BCUT2D eigenvalue weighted by atomic mass is 32.1. The Morgan fingerprint density at radius 2 is 2.20 bits per heavy atom. The molecule has 1 aromatic heterocycles. The fourth-order valence-electron chi connectivity index (χ4n) is 2.42. The van der Waals surface area contributed by atoms with Crippen LogP contribution in [-0.2, 0) is 4.79 Å². The van der Waals surface area contributed by atoms with E-state index in [1.165, 1.54) is 11.3 Å². The molecule has 2 rings (SSSR count). The van der Waals surface area contributed by atoms with Gasteiger partial charge < -0.3 is 15.7 Å². The molecule has 0 saturated heterocycles. The van der Waals surface area contributed by atoms with Gasteiger partial charge >= 0.3 is 0 Å². The number of rotatable bonds is 5. The molecule has 0 aliphatic heterocycles. The van der Waals surface area contributed by atoms with Gasteiger partial charge in [-0.25, -0.2) is 0 Å². The smallest absolute Gasteiger partial charge is 0.252 e. The first kappa shape index (κ1) is 15.0. The molecule has 1 aromatic rings. The van der Waals surface area contributed by atoms with E-state index in [-0.39, 0.29) is 24.5 Å². The molecule has 1 fully saturated rings. The van der Waals surface area contributed by atoms with Crippen LogP contribution < -0.4 is 10.6 Å². The number of aliphatic hydroxyl groups is 1. The highest BCUT2D eigenvalue weighted by molar-refractivity contribution is 7.08. The highest BCUT2D eigenvalue weighted by Crippen LogP contribution is 2.23. The largest absolute Gasteiger partial charge is 0.393 e. The molecule has 6 heteroatoms. The van der Waals surface area contributed by atoms with Crippen molar-refractivity contribution >= 4 is 23.2 Å². The van der Waals surface area contributed by atoms with Crippen LogP contribution in [0.2, 0.25) is 0 Å². The molecular weight excluding hydrogens is 276 g/mol. The summed E-state index contributed by atoms with van der Waals surface area (Å²) in [5, 5.41) is 18.5. The summed E-state index contributed by atoms with van der Waals surface area (Å²) in [6.07, 6.45) is 3.43. The van der Waals surface area contributed by atoms with Gasteiger partial charge in [-0.3, -0.25) is 9.59 Å². The maximum Gasteiger partial charge on any atom is 0.252 e. The number of hydrogen-bond acceptors (Lipinski definition) is 4. The predicted octanol–water partition coefficient (Wildman–Crippen LogP) is 1.15. The zero-order valence-electron chi connectivity index (χ0n) is 11.3. The van der Waals surface area contributed by atoms with Gasteiger partial charge in [-0.05, 0) is 36.6 Å². The van der Waals surface area contributed by atoms with Crippen molar-refractivity contribution in [3.63, 3.8) is 0 Å². The minimum atomic E-state index is -0.232. The van der Waals surface area contributed by atoms with E-state index in [4.69, 9.17) is 0 Å². The van der Waals surface area contributed by atoms with Crippen molar-refractivity contribution < 1.29 is 14.7 Å². The molecule has 1 aliphatic carbocycles. The summed E-state index contributed by atoms with van der Waals surface area (Å²) in [7, 11) is 0. The van der Waals surface area contributed by atoms with Crippen LogP contribution in [0.5, 0.6) is 0 Å². The lowest BCUT2D eigenvalue weighted by Crippen LogP contribution is -2.39. The second-order valence-electron chi connectivity index (χ2n) is 5.19. The van der Waals surface area contributed by atoms with E-state index in [9.17, 15) is 14.7 Å². The molecule has 0 spiro atoms. The van der Waals surface area contributed by atoms with E-state index < -0.39 is 0 Å². The zero-order chi connectivity index (χ0) is 14.4. The Bertz CT molecular complexity index is 447. The Kier molecular flexibility index (Phi) is 5.55. The van der Waals surface area contributed by atoms with E-state index >= 15 is 0 Å². The maximum absolute atomic E-state index is 11.7. The van der Waals surface area contributed by atoms with Gasteiger partial charge in [0.1, 0.15) is 0 Å². The molecule has 0 radical (unpaired) electrons. The molecular formula is C14H20N2O3S. The van der Waals surface area contributed by atoms with Crippen molar-refractivity contribution in [3.8, 4) is 0 Å². The van der Waals surface area contributed by atoms with Crippen molar-refractivity contribution in [2.24, 2.45) is 5.92 Å². The van der Waals surface area contributed by atoms with Gasteiger partial charge in [0.25, 0.3) is 5.91 Å². The molecule has 3 N–H and O–H groups in total. The SMILES string of the molecule is O=C(CNC(=O)c1ccsc1)NCC1CCCC(O)C1. The minimum absolute atomic E-state index is 0.00997. The van der Waals surface area contributed by atoms with Gasteiger partial charge in [-0.15, -0.1) is 0 Å². The summed E-state index contributed by atoms with van der Waals surface area (Å²) < 4.78 is 0. The van der Waals surface area contributed by atoms with Crippen LogP contribution in [-0.4, -0.2) is 36.1 Å². The number of carbonyl (C=O) groups excluding carboxylic acids is 2. The summed E-state index contributed by atoms with van der Waals surface area (Å²) in [4.78, 5) is 23.3. The van der Waals surface area contributed by atoms with Gasteiger partial charge in [0.2, 0.25) is 5.91 Å². The molecule has 1 aliphatic rings. The molecule has 0 bridgehead atoms. The standard InChI is InChI=1S/C14H20N2O3S/c17-12-3-1-2-10(6-12)7-15-13(18)8-16-14(19)11-4-5-20-9-11/h4-5,9-10,12,17H,1-3,6-8H2,(H,15,18)(H,16,19). The Hall–Kier alpha value is -1.40. The van der Waals surface area contributed by atoms with Crippen molar-refractivity contribution in [1.82, 2.24) is 10.6 Å². The Balaban J connectivity index is 1.64. The lowest BCUT2D eigenvalue weighted by atomic mass is 9.87. The van der Waals surface area contributed by atoms with Gasteiger partial charge in [-0.1, -0.05) is 6.42 Å². The van der Waals surface area contributed by atoms with Crippen LogP contribution in [0, 0.1) is 5.92 Å². The maximum atomic E-state index is 11.7. The topological polar surface area (TPSA) is 78.4 Å². The quantitative estimate of drug-likeness (QED) is 0.762. The summed E-state index contributed by atoms with van der Waals surface area (Å²) in [6.45, 7) is 0.564. The number of amides is 2. The number of aliphatic hydroxyl groups excluding tert-OH is 1. The monoisotopic (exact) mass is 296 g/mol. The average molecular weight is 296 g/mol. The molecule has 2 unspecified atom stereocenters. The zero-order valence-corrected chi connectivity index (χ0v) is 12.1. The van der Waals surface area contributed by atoms with Crippen LogP contribution in [0.25, 0.3) is 0 Å². The van der Waals surface area contributed by atoms with E-state index in [1.807, 2.05) is 5.38 Å². The Morgan fingerprint density at radius 3 is 2.90 bits per heavy atom. The van der Waals surface area contributed by atoms with Gasteiger partial charge in [-0.2, -0.15) is 11.3 Å². The number of thiophene rings is 1. The van der Waals surface area contributed by atoms with Crippen LogP contribution in [0.3, 0.4) is 0 Å². The van der Waals surface area contributed by atoms with E-state index in [2.05, 4.69) is 10.6 Å². The molecule has 110 valence electrons. The Morgan fingerprint density at radius 1 is 1.35 bits per heavy atom. The van der Waals surface area contributed by atoms with Crippen molar-refractivity contribution in [3.05, 3.63) is 22.4 Å². The fraction of sp³-hybridized carbons (Fsp3) is 0.571. The van der Waals surface area contributed by atoms with Crippen molar-refractivity contribution in [2.75, 3.05) is 13.1 Å². The lowest BCUT2D eigenvalue weighted by Gasteiger charge is -2.25. The normalized spacial score (nSPS) is 22.2. The van der Waals surface area contributed by atoms with Crippen molar-refractivity contribution in [2.45, 2.75) is 31.8 Å². The second-order valence-corrected chi connectivity index (χ2v) is 5.97. The summed E-state index contributed by atoms with van der Waals surface area (Å²) in [6, 6.07) is 1.72. The minimum Gasteiger partial charge on any atom is -0.393 e. The van der Waals surface area contributed by atoms with Crippen LogP contribution >= 0.6 is 11.3 Å². The molecule has 1 heterocycles. The van der Waals surface area contributed by atoms with E-state index in [0.717, 1.165) is 25.7 Å². The number of nitrogens with one attached hydrogen (secondary N) is 2. The first-order valence-electron chi connectivity index (χ1n) is 6.90. The molecule has 20 heavy (non-hydrogen) atoms. The fourth-order valence-corrected chi connectivity index (χ4v) is 3.06. The molecule has 1 saturated carbocycles. The van der Waals surface area contributed by atoms with E-state index in [0.29, 0.717) is 18.0 Å². The number of hydrogen-bond donors (Lipinski definition) is 3. The first-order chi connectivity index (χ1) is 9.65.